The monoisotopic (exact) mass is 263 g/mol. The van der Waals surface area contributed by atoms with E-state index in [9.17, 15) is 9.18 Å². The van der Waals surface area contributed by atoms with Gasteiger partial charge in [-0.25, -0.2) is 4.39 Å². The predicted molar refractivity (Wildman–Crippen MR) is 68.1 cm³/mol. The van der Waals surface area contributed by atoms with E-state index in [1.807, 2.05) is 0 Å². The van der Waals surface area contributed by atoms with Gasteiger partial charge in [-0.15, -0.1) is 0 Å². The molecule has 1 unspecified atom stereocenters. The Morgan fingerprint density at radius 2 is 2.21 bits per heavy atom. The number of ether oxygens (including phenoxy) is 1. The lowest BCUT2D eigenvalue weighted by Crippen LogP contribution is -2.24. The topological polar surface area (TPSA) is 70.1 Å². The van der Waals surface area contributed by atoms with Crippen LogP contribution in [-0.4, -0.2) is 22.8 Å². The van der Waals surface area contributed by atoms with Crippen LogP contribution in [0, 0.1) is 5.82 Å². The second-order valence-electron chi connectivity index (χ2n) is 4.14. The van der Waals surface area contributed by atoms with Crippen molar-refractivity contribution < 1.29 is 13.9 Å². The van der Waals surface area contributed by atoms with E-state index < -0.39 is 17.8 Å². The number of methoxy groups -OCH3 is 1. The Hall–Kier alpha value is -2.37. The summed E-state index contributed by atoms with van der Waals surface area (Å²) in [7, 11) is 1.41. The maximum Gasteiger partial charge on any atom is 0.241 e. The van der Waals surface area contributed by atoms with Crippen LogP contribution >= 0.6 is 0 Å². The second kappa shape index (κ2) is 5.09. The lowest BCUT2D eigenvalue weighted by atomic mass is 10.1. The number of carbonyl (C=O) groups is 1. The van der Waals surface area contributed by atoms with Crippen LogP contribution in [0.3, 0.4) is 0 Å². The molecule has 5 nitrogen and oxygen atoms in total. The van der Waals surface area contributed by atoms with Crippen LogP contribution in [-0.2, 0) is 4.79 Å². The van der Waals surface area contributed by atoms with E-state index in [1.165, 1.54) is 17.9 Å². The fourth-order valence-electron chi connectivity index (χ4n) is 1.68. The van der Waals surface area contributed by atoms with Gasteiger partial charge in [-0.05, 0) is 24.6 Å². The van der Waals surface area contributed by atoms with Crippen molar-refractivity contribution in [1.29, 1.82) is 0 Å². The molecule has 100 valence electrons. The standard InChI is InChI=1S/C13H14FN3O2/c1-8(13(15)18)17-7-10(6-16-17)9-3-4-12(19-2)11(14)5-9/h3-8H,1-2H3,(H2,15,18). The molecule has 1 amide bonds. The van der Waals surface area contributed by atoms with E-state index >= 15 is 0 Å². The van der Waals surface area contributed by atoms with Crippen molar-refractivity contribution in [2.45, 2.75) is 13.0 Å². The average Bonchev–Trinajstić information content (AvgIpc) is 2.87. The minimum atomic E-state index is -0.545. The summed E-state index contributed by atoms with van der Waals surface area (Å²) in [4.78, 5) is 11.1. The van der Waals surface area contributed by atoms with Crippen molar-refractivity contribution in [3.05, 3.63) is 36.4 Å². The van der Waals surface area contributed by atoms with Crippen LogP contribution in [0.25, 0.3) is 11.1 Å². The molecule has 1 aromatic heterocycles. The van der Waals surface area contributed by atoms with Crippen LogP contribution in [0.5, 0.6) is 5.75 Å². The van der Waals surface area contributed by atoms with Gasteiger partial charge in [0.1, 0.15) is 6.04 Å². The molecule has 6 heteroatoms. The Morgan fingerprint density at radius 1 is 1.47 bits per heavy atom. The minimum Gasteiger partial charge on any atom is -0.494 e. The molecule has 19 heavy (non-hydrogen) atoms. The van der Waals surface area contributed by atoms with E-state index in [0.717, 1.165) is 0 Å². The Bertz CT molecular complexity index is 610. The lowest BCUT2D eigenvalue weighted by molar-refractivity contribution is -0.120. The SMILES string of the molecule is COc1ccc(-c2cnn(C(C)C(N)=O)c2)cc1F. The first-order chi connectivity index (χ1) is 9.02. The molecular weight excluding hydrogens is 249 g/mol. The maximum absolute atomic E-state index is 13.6. The van der Waals surface area contributed by atoms with Gasteiger partial charge in [0.2, 0.25) is 5.91 Å². The van der Waals surface area contributed by atoms with Crippen molar-refractivity contribution in [3.63, 3.8) is 0 Å². The fourth-order valence-corrected chi connectivity index (χ4v) is 1.68. The first-order valence-corrected chi connectivity index (χ1v) is 5.70. The predicted octanol–water partition coefficient (Wildman–Crippen LogP) is 1.74. The Morgan fingerprint density at radius 3 is 2.79 bits per heavy atom. The van der Waals surface area contributed by atoms with Crippen LogP contribution in [0.2, 0.25) is 0 Å². The number of amides is 1. The Kier molecular flexibility index (Phi) is 3.50. The molecule has 2 N–H and O–H groups in total. The number of halogens is 1. The first kappa shape index (κ1) is 13.1. The number of hydrogen-bond donors (Lipinski definition) is 1. The van der Waals surface area contributed by atoms with E-state index in [1.54, 1.807) is 31.5 Å². The molecule has 0 fully saturated rings. The molecular formula is C13H14FN3O2. The number of nitrogens with two attached hydrogens (primary N) is 1. The molecule has 0 aliphatic heterocycles. The third-order valence-corrected chi connectivity index (χ3v) is 2.90. The highest BCUT2D eigenvalue weighted by atomic mass is 19.1. The molecule has 0 radical (unpaired) electrons. The maximum atomic E-state index is 13.6. The quantitative estimate of drug-likeness (QED) is 0.913. The molecule has 0 aliphatic rings. The molecule has 0 bridgehead atoms. The van der Waals surface area contributed by atoms with Crippen molar-refractivity contribution in [3.8, 4) is 16.9 Å². The summed E-state index contributed by atoms with van der Waals surface area (Å²) in [5, 5.41) is 4.05. The zero-order valence-corrected chi connectivity index (χ0v) is 10.6. The van der Waals surface area contributed by atoms with Gasteiger partial charge in [0.25, 0.3) is 0 Å². The minimum absolute atomic E-state index is 0.182. The second-order valence-corrected chi connectivity index (χ2v) is 4.14. The van der Waals surface area contributed by atoms with Gasteiger partial charge in [-0.1, -0.05) is 6.07 Å². The third-order valence-electron chi connectivity index (χ3n) is 2.90. The van der Waals surface area contributed by atoms with Gasteiger partial charge in [0.15, 0.2) is 11.6 Å². The number of benzene rings is 1. The summed E-state index contributed by atoms with van der Waals surface area (Å²) < 4.78 is 19.9. The van der Waals surface area contributed by atoms with Crippen LogP contribution in [0.1, 0.15) is 13.0 Å². The molecule has 1 aromatic carbocycles. The molecule has 2 rings (SSSR count). The number of rotatable bonds is 4. The molecule has 1 heterocycles. The third kappa shape index (κ3) is 2.57. The average molecular weight is 263 g/mol. The summed E-state index contributed by atoms with van der Waals surface area (Å²) in [6.45, 7) is 1.65. The van der Waals surface area contributed by atoms with Gasteiger partial charge < -0.3 is 10.5 Å². The molecule has 2 aromatic rings. The number of nitrogens with zero attached hydrogens (tertiary/aromatic N) is 2. The van der Waals surface area contributed by atoms with Crippen molar-refractivity contribution in [1.82, 2.24) is 9.78 Å². The number of primary amides is 1. The van der Waals surface area contributed by atoms with E-state index in [2.05, 4.69) is 5.10 Å². The number of carbonyl (C=O) groups excluding carboxylic acids is 1. The van der Waals surface area contributed by atoms with Gasteiger partial charge in [-0.2, -0.15) is 5.10 Å². The van der Waals surface area contributed by atoms with Gasteiger partial charge in [-0.3, -0.25) is 9.48 Å². The number of aromatic nitrogens is 2. The molecule has 0 saturated heterocycles. The highest BCUT2D eigenvalue weighted by Crippen LogP contribution is 2.25. The molecule has 1 atom stereocenters. The summed E-state index contributed by atoms with van der Waals surface area (Å²) >= 11 is 0. The summed E-state index contributed by atoms with van der Waals surface area (Å²) in [5.41, 5.74) is 6.56. The van der Waals surface area contributed by atoms with Gasteiger partial charge >= 0.3 is 0 Å². The van der Waals surface area contributed by atoms with Gasteiger partial charge in [0, 0.05) is 11.8 Å². The summed E-state index contributed by atoms with van der Waals surface area (Å²) in [6.07, 6.45) is 3.21. The Labute approximate surface area is 109 Å². The smallest absolute Gasteiger partial charge is 0.241 e. The van der Waals surface area contributed by atoms with Crippen LogP contribution in [0.15, 0.2) is 30.6 Å². The van der Waals surface area contributed by atoms with Crippen LogP contribution in [0.4, 0.5) is 4.39 Å². The molecule has 0 aliphatic carbocycles. The fraction of sp³-hybridized carbons (Fsp3) is 0.231. The molecule has 0 saturated carbocycles. The van der Waals surface area contributed by atoms with Crippen LogP contribution < -0.4 is 10.5 Å². The van der Waals surface area contributed by atoms with Gasteiger partial charge in [0.05, 0.1) is 13.3 Å². The van der Waals surface area contributed by atoms with Crippen molar-refractivity contribution in [2.24, 2.45) is 5.73 Å². The van der Waals surface area contributed by atoms with E-state index in [4.69, 9.17) is 10.5 Å². The van der Waals surface area contributed by atoms with Crippen molar-refractivity contribution in [2.75, 3.05) is 7.11 Å². The van der Waals surface area contributed by atoms with Crippen molar-refractivity contribution >= 4 is 5.91 Å². The summed E-state index contributed by atoms with van der Waals surface area (Å²) in [5.74, 6) is -0.743. The normalized spacial score (nSPS) is 12.2. The first-order valence-electron chi connectivity index (χ1n) is 5.70. The number of hydrogen-bond acceptors (Lipinski definition) is 3. The highest BCUT2D eigenvalue weighted by Gasteiger charge is 2.13. The lowest BCUT2D eigenvalue weighted by Gasteiger charge is -2.06. The summed E-state index contributed by atoms with van der Waals surface area (Å²) in [6, 6.07) is 4.07. The van der Waals surface area contributed by atoms with E-state index in [0.29, 0.717) is 11.1 Å². The zero-order valence-electron chi connectivity index (χ0n) is 10.6. The highest BCUT2D eigenvalue weighted by molar-refractivity contribution is 5.78. The zero-order chi connectivity index (χ0) is 14.0. The molecule has 0 spiro atoms. The Balaban J connectivity index is 2.33. The van der Waals surface area contributed by atoms with E-state index in [-0.39, 0.29) is 5.75 Å². The largest absolute Gasteiger partial charge is 0.494 e.